The molecule has 1 aliphatic carbocycles. The van der Waals surface area contributed by atoms with Gasteiger partial charge in [-0.15, -0.1) is 0 Å². The van der Waals surface area contributed by atoms with Crippen LogP contribution in [0.25, 0.3) is 11.0 Å². The third kappa shape index (κ3) is 3.75. The van der Waals surface area contributed by atoms with Crippen molar-refractivity contribution >= 4 is 11.0 Å². The van der Waals surface area contributed by atoms with Crippen LogP contribution in [0.4, 0.5) is 13.2 Å². The molecule has 0 N–H and O–H groups in total. The van der Waals surface area contributed by atoms with Gasteiger partial charge in [0.15, 0.2) is 5.69 Å². The Hall–Kier alpha value is -1.79. The molecule has 0 aliphatic heterocycles. The molecular formula is C18H24F3N3O. The van der Waals surface area contributed by atoms with Gasteiger partial charge in [0.1, 0.15) is 0 Å². The average Bonchev–Trinajstić information content (AvgIpc) is 2.85. The Labute approximate surface area is 145 Å². The summed E-state index contributed by atoms with van der Waals surface area (Å²) in [6.07, 6.45) is -0.621. The lowest BCUT2D eigenvalue weighted by Gasteiger charge is -2.43. The first-order chi connectivity index (χ1) is 11.6. The summed E-state index contributed by atoms with van der Waals surface area (Å²) < 4.78 is 47.8. The van der Waals surface area contributed by atoms with Crippen LogP contribution in [0.2, 0.25) is 0 Å². The van der Waals surface area contributed by atoms with Gasteiger partial charge in [-0.05, 0) is 30.6 Å². The molecule has 3 rings (SSSR count). The number of imidazole rings is 1. The van der Waals surface area contributed by atoms with Gasteiger partial charge in [0, 0.05) is 12.1 Å². The Morgan fingerprint density at radius 1 is 1.32 bits per heavy atom. The molecule has 7 heteroatoms. The number of nitrogens with zero attached hydrogens (tertiary/aromatic N) is 3. The van der Waals surface area contributed by atoms with Gasteiger partial charge in [-0.3, -0.25) is 0 Å². The first kappa shape index (κ1) is 18.0. The molecule has 0 radical (unpaired) electrons. The quantitative estimate of drug-likeness (QED) is 0.737. The third-order valence-corrected chi connectivity index (χ3v) is 4.71. The lowest BCUT2D eigenvalue weighted by atomic mass is 9.68. The van der Waals surface area contributed by atoms with E-state index in [0.717, 1.165) is 19.3 Å². The second-order valence-electron chi connectivity index (χ2n) is 8.08. The molecule has 1 fully saturated rings. The van der Waals surface area contributed by atoms with Crippen molar-refractivity contribution in [3.05, 3.63) is 18.1 Å². The molecule has 0 bridgehead atoms. The van der Waals surface area contributed by atoms with Crippen LogP contribution in [0.15, 0.2) is 12.4 Å². The summed E-state index contributed by atoms with van der Waals surface area (Å²) in [5.41, 5.74) is -0.407. The number of ether oxygens (including phenoxy) is 1. The predicted molar refractivity (Wildman–Crippen MR) is 89.5 cm³/mol. The van der Waals surface area contributed by atoms with Gasteiger partial charge in [-0.25, -0.2) is 9.97 Å². The summed E-state index contributed by atoms with van der Waals surface area (Å²) in [7, 11) is 0. The molecule has 0 aromatic carbocycles. The standard InChI is InChI=1S/C18H24F3N3O/c1-11(2)5-6-25-14-7-13-15(16(23-14)18(19,20)21)24(10-22-13)12-8-17(3,4)9-12/h7,10-12H,5-6,8-9H2,1-4H3. The van der Waals surface area contributed by atoms with Crippen molar-refractivity contribution in [2.75, 3.05) is 6.61 Å². The molecule has 25 heavy (non-hydrogen) atoms. The summed E-state index contributed by atoms with van der Waals surface area (Å²) in [5.74, 6) is 0.395. The molecule has 2 aromatic heterocycles. The number of hydrogen-bond donors (Lipinski definition) is 0. The highest BCUT2D eigenvalue weighted by Crippen LogP contribution is 2.49. The fraction of sp³-hybridized carbons (Fsp3) is 0.667. The van der Waals surface area contributed by atoms with E-state index in [1.165, 1.54) is 12.4 Å². The third-order valence-electron chi connectivity index (χ3n) is 4.71. The number of rotatable bonds is 5. The highest BCUT2D eigenvalue weighted by Gasteiger charge is 2.41. The molecule has 0 saturated heterocycles. The Morgan fingerprint density at radius 2 is 2.00 bits per heavy atom. The highest BCUT2D eigenvalue weighted by molar-refractivity contribution is 5.79. The van der Waals surface area contributed by atoms with E-state index in [1.807, 2.05) is 13.8 Å². The van der Waals surface area contributed by atoms with E-state index in [0.29, 0.717) is 12.5 Å². The van der Waals surface area contributed by atoms with Gasteiger partial charge < -0.3 is 9.30 Å². The zero-order valence-corrected chi connectivity index (χ0v) is 15.0. The minimum Gasteiger partial charge on any atom is -0.478 e. The van der Waals surface area contributed by atoms with Crippen LogP contribution in [0, 0.1) is 11.3 Å². The molecule has 2 heterocycles. The highest BCUT2D eigenvalue weighted by atomic mass is 19.4. The number of alkyl halides is 3. The zero-order valence-electron chi connectivity index (χ0n) is 15.0. The van der Waals surface area contributed by atoms with Gasteiger partial charge in [0.25, 0.3) is 0 Å². The lowest BCUT2D eigenvalue weighted by molar-refractivity contribution is -0.140. The topological polar surface area (TPSA) is 39.9 Å². The molecule has 138 valence electrons. The molecule has 0 spiro atoms. The average molecular weight is 355 g/mol. The molecule has 1 aliphatic rings. The van der Waals surface area contributed by atoms with Crippen LogP contribution in [0.3, 0.4) is 0 Å². The summed E-state index contributed by atoms with van der Waals surface area (Å²) in [4.78, 5) is 7.96. The van der Waals surface area contributed by atoms with Crippen molar-refractivity contribution in [3.63, 3.8) is 0 Å². The van der Waals surface area contributed by atoms with E-state index in [4.69, 9.17) is 4.74 Å². The van der Waals surface area contributed by atoms with Crippen LogP contribution < -0.4 is 4.74 Å². The molecule has 2 aromatic rings. The Morgan fingerprint density at radius 3 is 2.56 bits per heavy atom. The van der Waals surface area contributed by atoms with E-state index in [9.17, 15) is 13.2 Å². The zero-order chi connectivity index (χ0) is 18.4. The maximum atomic E-state index is 13.6. The van der Waals surface area contributed by atoms with Crippen molar-refractivity contribution < 1.29 is 17.9 Å². The monoisotopic (exact) mass is 355 g/mol. The van der Waals surface area contributed by atoms with Crippen molar-refractivity contribution in [1.82, 2.24) is 14.5 Å². The van der Waals surface area contributed by atoms with Crippen molar-refractivity contribution in [2.45, 2.75) is 59.2 Å². The molecule has 4 nitrogen and oxygen atoms in total. The molecule has 0 atom stereocenters. The molecular weight excluding hydrogens is 331 g/mol. The van der Waals surface area contributed by atoms with E-state index >= 15 is 0 Å². The van der Waals surface area contributed by atoms with E-state index in [-0.39, 0.29) is 28.4 Å². The normalized spacial score (nSPS) is 17.9. The van der Waals surface area contributed by atoms with E-state index < -0.39 is 11.9 Å². The number of hydrogen-bond acceptors (Lipinski definition) is 3. The fourth-order valence-electron chi connectivity index (χ4n) is 3.40. The summed E-state index contributed by atoms with van der Waals surface area (Å²) in [6, 6.07) is 1.54. The number of aromatic nitrogens is 3. The van der Waals surface area contributed by atoms with E-state index in [2.05, 4.69) is 23.8 Å². The van der Waals surface area contributed by atoms with Gasteiger partial charge in [0.2, 0.25) is 5.88 Å². The lowest BCUT2D eigenvalue weighted by Crippen LogP contribution is -2.33. The number of fused-ring (bicyclic) bond motifs is 1. The first-order valence-corrected chi connectivity index (χ1v) is 8.64. The summed E-state index contributed by atoms with van der Waals surface area (Å²) in [5, 5.41) is 0. The van der Waals surface area contributed by atoms with Gasteiger partial charge >= 0.3 is 6.18 Å². The smallest absolute Gasteiger partial charge is 0.435 e. The van der Waals surface area contributed by atoms with Crippen LogP contribution >= 0.6 is 0 Å². The Bertz CT molecular complexity index is 757. The SMILES string of the molecule is CC(C)CCOc1cc2ncn(C3CC(C)(C)C3)c2c(C(F)(F)F)n1. The van der Waals surface area contributed by atoms with Crippen molar-refractivity contribution in [1.29, 1.82) is 0 Å². The predicted octanol–water partition coefficient (Wildman–Crippen LogP) is 5.24. The van der Waals surface area contributed by atoms with Gasteiger partial charge in [-0.1, -0.05) is 27.7 Å². The molecule has 1 saturated carbocycles. The van der Waals surface area contributed by atoms with Gasteiger partial charge in [-0.2, -0.15) is 13.2 Å². The minimum atomic E-state index is -4.55. The Balaban J connectivity index is 1.97. The van der Waals surface area contributed by atoms with E-state index in [1.54, 1.807) is 4.57 Å². The van der Waals surface area contributed by atoms with Gasteiger partial charge in [0.05, 0.1) is 24.0 Å². The first-order valence-electron chi connectivity index (χ1n) is 8.64. The fourth-order valence-corrected chi connectivity index (χ4v) is 3.40. The number of halogens is 3. The largest absolute Gasteiger partial charge is 0.478 e. The van der Waals surface area contributed by atoms with Crippen LogP contribution in [0.5, 0.6) is 5.88 Å². The summed E-state index contributed by atoms with van der Waals surface area (Å²) in [6.45, 7) is 8.63. The summed E-state index contributed by atoms with van der Waals surface area (Å²) >= 11 is 0. The Kier molecular flexibility index (Phi) is 4.45. The maximum absolute atomic E-state index is 13.6. The molecule has 0 amide bonds. The van der Waals surface area contributed by atoms with Crippen LogP contribution in [-0.2, 0) is 6.18 Å². The minimum absolute atomic E-state index is 0.0142. The number of pyridine rings is 1. The van der Waals surface area contributed by atoms with Crippen molar-refractivity contribution in [2.24, 2.45) is 11.3 Å². The maximum Gasteiger partial charge on any atom is 0.435 e. The van der Waals surface area contributed by atoms with Crippen LogP contribution in [0.1, 0.15) is 58.7 Å². The second kappa shape index (κ2) is 6.18. The molecule has 0 unspecified atom stereocenters. The second-order valence-corrected chi connectivity index (χ2v) is 8.08. The van der Waals surface area contributed by atoms with Crippen LogP contribution in [-0.4, -0.2) is 21.1 Å². The van der Waals surface area contributed by atoms with Crippen molar-refractivity contribution in [3.8, 4) is 5.88 Å².